The first kappa shape index (κ1) is 22.3. The second kappa shape index (κ2) is 17.6. The third kappa shape index (κ3) is 15.2. The van der Waals surface area contributed by atoms with Crippen LogP contribution in [0.5, 0.6) is 0 Å². The highest BCUT2D eigenvalue weighted by atomic mass is 16.6. The van der Waals surface area contributed by atoms with Crippen molar-refractivity contribution in [3.8, 4) is 0 Å². The summed E-state index contributed by atoms with van der Waals surface area (Å²) in [6.07, 6.45) is 22.2. The lowest BCUT2D eigenvalue weighted by Gasteiger charge is -1.99. The molecule has 0 unspecified atom stereocenters. The normalized spacial score (nSPS) is 12.3. The highest BCUT2D eigenvalue weighted by Crippen LogP contribution is 2.12. The maximum absolute atomic E-state index is 11.0. The Hall–Kier alpha value is -1.71. The molecule has 0 aromatic heterocycles. The molecule has 0 aromatic rings. The van der Waals surface area contributed by atoms with Gasteiger partial charge in [-0.15, -0.1) is 0 Å². The number of unbranched alkanes of at least 4 members (excludes halogenated alkanes) is 7. The molecule has 4 nitrogen and oxygen atoms in total. The van der Waals surface area contributed by atoms with Crippen LogP contribution in [0.3, 0.4) is 0 Å². The van der Waals surface area contributed by atoms with Gasteiger partial charge in [0.25, 0.3) is 0 Å². The van der Waals surface area contributed by atoms with Gasteiger partial charge in [-0.05, 0) is 44.6 Å². The molecule has 0 atom stereocenters. The number of rotatable bonds is 16. The van der Waals surface area contributed by atoms with Gasteiger partial charge in [-0.1, -0.05) is 56.9 Å². The van der Waals surface area contributed by atoms with Crippen molar-refractivity contribution in [3.05, 3.63) is 46.2 Å². The molecule has 0 aliphatic rings. The Morgan fingerprint density at radius 2 is 1.54 bits per heavy atom. The number of carbonyl (C=O) groups is 1. The van der Waals surface area contributed by atoms with E-state index in [0.29, 0.717) is 25.0 Å². The van der Waals surface area contributed by atoms with Crippen LogP contribution in [-0.4, -0.2) is 11.2 Å². The topological polar surface area (TPSA) is 60.2 Å². The molecule has 136 valence electrons. The van der Waals surface area contributed by atoms with Gasteiger partial charge < -0.3 is 4.79 Å². The minimum atomic E-state index is -0.271. The van der Waals surface area contributed by atoms with E-state index in [1.54, 1.807) is 6.08 Å². The smallest absolute Gasteiger partial charge is 0.242 e. The number of aldehydes is 1. The molecule has 0 saturated carbocycles. The van der Waals surface area contributed by atoms with E-state index in [4.69, 9.17) is 0 Å². The van der Waals surface area contributed by atoms with Gasteiger partial charge in [0.05, 0.1) is 4.92 Å². The summed E-state index contributed by atoms with van der Waals surface area (Å²) in [4.78, 5) is 20.9. The third-order valence-corrected chi connectivity index (χ3v) is 3.81. The molecule has 0 saturated heterocycles. The maximum Gasteiger partial charge on any atom is 0.242 e. The molecule has 0 N–H and O–H groups in total. The van der Waals surface area contributed by atoms with Gasteiger partial charge in [-0.25, -0.2) is 0 Å². The lowest BCUT2D eigenvalue weighted by molar-refractivity contribution is -0.428. The van der Waals surface area contributed by atoms with Gasteiger partial charge in [0.1, 0.15) is 6.29 Å². The van der Waals surface area contributed by atoms with Crippen molar-refractivity contribution < 1.29 is 9.72 Å². The first-order chi connectivity index (χ1) is 11.7. The summed E-state index contributed by atoms with van der Waals surface area (Å²) >= 11 is 0. The van der Waals surface area contributed by atoms with Crippen LogP contribution in [-0.2, 0) is 4.79 Å². The molecular formula is C20H33NO3. The molecule has 0 rings (SSSR count). The number of carbonyl (C=O) groups excluding carboxylic acids is 1. The molecule has 0 aromatic carbocycles. The summed E-state index contributed by atoms with van der Waals surface area (Å²) in [6.45, 7) is 2.20. The van der Waals surface area contributed by atoms with Crippen molar-refractivity contribution in [1.82, 2.24) is 0 Å². The van der Waals surface area contributed by atoms with Gasteiger partial charge in [-0.2, -0.15) is 0 Å². The van der Waals surface area contributed by atoms with Crippen molar-refractivity contribution in [2.75, 3.05) is 0 Å². The zero-order valence-electron chi connectivity index (χ0n) is 15.1. The predicted octanol–water partition coefficient (Wildman–Crippen LogP) is 6.16. The molecule has 24 heavy (non-hydrogen) atoms. The number of hydrogen-bond donors (Lipinski definition) is 0. The molecule has 4 heteroatoms. The average molecular weight is 335 g/mol. The molecule has 0 radical (unpaired) electrons. The van der Waals surface area contributed by atoms with Gasteiger partial charge in [0, 0.05) is 12.8 Å². The Kier molecular flexibility index (Phi) is 16.4. The minimum Gasteiger partial charge on any atom is -0.303 e. The molecule has 0 aliphatic heterocycles. The quantitative estimate of drug-likeness (QED) is 0.112. The van der Waals surface area contributed by atoms with E-state index < -0.39 is 0 Å². The Balaban J connectivity index is 3.88. The van der Waals surface area contributed by atoms with E-state index in [9.17, 15) is 14.9 Å². The Morgan fingerprint density at radius 3 is 2.25 bits per heavy atom. The summed E-state index contributed by atoms with van der Waals surface area (Å²) in [6, 6.07) is 0. The molecule has 0 heterocycles. The van der Waals surface area contributed by atoms with E-state index in [1.807, 2.05) is 6.08 Å². The third-order valence-electron chi connectivity index (χ3n) is 3.81. The molecule has 0 aliphatic carbocycles. The van der Waals surface area contributed by atoms with Gasteiger partial charge >= 0.3 is 0 Å². The Bertz CT molecular complexity index is 411. The average Bonchev–Trinajstić information content (AvgIpc) is 2.57. The highest BCUT2D eigenvalue weighted by molar-refractivity contribution is 5.48. The first-order valence-corrected chi connectivity index (χ1v) is 9.29. The van der Waals surface area contributed by atoms with Crippen LogP contribution in [0.1, 0.15) is 84.0 Å². The van der Waals surface area contributed by atoms with Crippen molar-refractivity contribution >= 4 is 6.29 Å². The molecular weight excluding hydrogens is 302 g/mol. The molecule has 0 spiro atoms. The standard InChI is InChI=1S/C20H33NO3/c1-2-3-4-5-6-7-8-9-11-14-17-20(21(23)24)18-15-12-10-13-16-19-22/h6-7,9,11,17,19H,2-5,8,10,12-16,18H2,1H3/b7-6-,11-9-,20-17+. The molecule has 0 bridgehead atoms. The lowest BCUT2D eigenvalue weighted by atomic mass is 10.1. The number of nitro groups is 1. The summed E-state index contributed by atoms with van der Waals surface area (Å²) in [5.74, 6) is 0. The zero-order valence-corrected chi connectivity index (χ0v) is 15.1. The van der Waals surface area contributed by atoms with Gasteiger partial charge in [-0.3, -0.25) is 10.1 Å². The molecule has 0 fully saturated rings. The van der Waals surface area contributed by atoms with Crippen LogP contribution in [0.15, 0.2) is 36.1 Å². The van der Waals surface area contributed by atoms with Crippen LogP contribution in [0.25, 0.3) is 0 Å². The van der Waals surface area contributed by atoms with E-state index in [2.05, 4.69) is 25.2 Å². The highest BCUT2D eigenvalue weighted by Gasteiger charge is 2.08. The van der Waals surface area contributed by atoms with Crippen LogP contribution >= 0.6 is 0 Å². The summed E-state index contributed by atoms with van der Waals surface area (Å²) in [5, 5.41) is 11.0. The Morgan fingerprint density at radius 1 is 0.875 bits per heavy atom. The fraction of sp³-hybridized carbons (Fsp3) is 0.650. The van der Waals surface area contributed by atoms with Crippen LogP contribution in [0, 0.1) is 10.1 Å². The van der Waals surface area contributed by atoms with Gasteiger partial charge in [0.2, 0.25) is 5.70 Å². The largest absolute Gasteiger partial charge is 0.303 e. The fourth-order valence-corrected chi connectivity index (χ4v) is 2.36. The van der Waals surface area contributed by atoms with E-state index in [0.717, 1.165) is 44.8 Å². The van der Waals surface area contributed by atoms with Gasteiger partial charge in [0.15, 0.2) is 0 Å². The van der Waals surface area contributed by atoms with Crippen LogP contribution in [0.4, 0.5) is 0 Å². The lowest BCUT2D eigenvalue weighted by Crippen LogP contribution is -1.98. The van der Waals surface area contributed by atoms with E-state index in [1.165, 1.54) is 19.3 Å². The van der Waals surface area contributed by atoms with Crippen molar-refractivity contribution in [2.24, 2.45) is 0 Å². The molecule has 0 amide bonds. The second-order valence-electron chi connectivity index (χ2n) is 5.98. The van der Waals surface area contributed by atoms with Crippen LogP contribution < -0.4 is 0 Å². The number of hydrogen-bond acceptors (Lipinski definition) is 3. The van der Waals surface area contributed by atoms with E-state index >= 15 is 0 Å². The fourth-order valence-electron chi connectivity index (χ4n) is 2.36. The van der Waals surface area contributed by atoms with Crippen molar-refractivity contribution in [2.45, 2.75) is 84.0 Å². The van der Waals surface area contributed by atoms with E-state index in [-0.39, 0.29) is 4.92 Å². The van der Waals surface area contributed by atoms with Crippen molar-refractivity contribution in [1.29, 1.82) is 0 Å². The maximum atomic E-state index is 11.0. The zero-order chi connectivity index (χ0) is 17.9. The monoisotopic (exact) mass is 335 g/mol. The van der Waals surface area contributed by atoms with Crippen LogP contribution in [0.2, 0.25) is 0 Å². The summed E-state index contributed by atoms with van der Waals surface area (Å²) in [7, 11) is 0. The predicted molar refractivity (Wildman–Crippen MR) is 100 cm³/mol. The summed E-state index contributed by atoms with van der Waals surface area (Å²) in [5.41, 5.74) is 0.310. The second-order valence-corrected chi connectivity index (χ2v) is 5.98. The minimum absolute atomic E-state index is 0.271. The summed E-state index contributed by atoms with van der Waals surface area (Å²) < 4.78 is 0. The first-order valence-electron chi connectivity index (χ1n) is 9.29. The number of nitrogens with zero attached hydrogens (tertiary/aromatic N) is 1. The SMILES string of the molecule is CCCCC/C=C\C/C=C\C/C=C(\CCCCCCC=O)[N+](=O)[O-]. The Labute approximate surface area is 146 Å². The van der Waals surface area contributed by atoms with Crippen molar-refractivity contribution in [3.63, 3.8) is 0 Å². The number of allylic oxidation sites excluding steroid dienone is 6.